The van der Waals surface area contributed by atoms with Gasteiger partial charge in [0.25, 0.3) is 5.91 Å². The predicted molar refractivity (Wildman–Crippen MR) is 88.2 cm³/mol. The molecule has 134 valence electrons. The maximum Gasteiger partial charge on any atom is 0.274 e. The lowest BCUT2D eigenvalue weighted by Crippen LogP contribution is -2.29. The second kappa shape index (κ2) is 7.74. The van der Waals surface area contributed by atoms with Crippen molar-refractivity contribution in [2.75, 3.05) is 26.8 Å². The van der Waals surface area contributed by atoms with Crippen molar-refractivity contribution in [3.63, 3.8) is 0 Å². The molecule has 0 radical (unpaired) electrons. The molecule has 1 aromatic heterocycles. The van der Waals surface area contributed by atoms with Crippen molar-refractivity contribution in [2.24, 2.45) is 5.92 Å². The highest BCUT2D eigenvalue weighted by Crippen LogP contribution is 2.23. The standard InChI is InChI=1S/C18H21F2N3O2/c1-25-9-8-23-7-5-17(21-23)18(24)22-6-4-14(12-22)10-13-2-3-15(19)16(20)11-13/h2-3,5,7,11,14H,4,6,8-10,12H2,1H3/t14-/m1/s1. The van der Waals surface area contributed by atoms with Gasteiger partial charge in [0, 0.05) is 26.4 Å². The number of amides is 1. The average Bonchev–Trinajstić information content (AvgIpc) is 3.25. The molecule has 1 atom stereocenters. The number of likely N-dealkylation sites (tertiary alicyclic amines) is 1. The monoisotopic (exact) mass is 349 g/mol. The van der Waals surface area contributed by atoms with Gasteiger partial charge >= 0.3 is 0 Å². The number of halogens is 2. The molecule has 0 spiro atoms. The van der Waals surface area contributed by atoms with Crippen molar-refractivity contribution >= 4 is 5.91 Å². The lowest BCUT2D eigenvalue weighted by atomic mass is 9.98. The van der Waals surface area contributed by atoms with Crippen LogP contribution < -0.4 is 0 Å². The van der Waals surface area contributed by atoms with Crippen LogP contribution in [0.1, 0.15) is 22.5 Å². The topological polar surface area (TPSA) is 47.4 Å². The largest absolute Gasteiger partial charge is 0.383 e. The van der Waals surface area contributed by atoms with Crippen LogP contribution in [0, 0.1) is 17.6 Å². The van der Waals surface area contributed by atoms with E-state index in [4.69, 9.17) is 4.74 Å². The van der Waals surface area contributed by atoms with E-state index in [0.717, 1.165) is 18.1 Å². The third kappa shape index (κ3) is 4.22. The smallest absolute Gasteiger partial charge is 0.274 e. The molecule has 7 heteroatoms. The van der Waals surface area contributed by atoms with Gasteiger partial charge in [0.1, 0.15) is 5.69 Å². The number of carbonyl (C=O) groups is 1. The third-order valence-corrected chi connectivity index (χ3v) is 4.47. The molecular weight excluding hydrogens is 328 g/mol. The van der Waals surface area contributed by atoms with Crippen LogP contribution in [0.2, 0.25) is 0 Å². The lowest BCUT2D eigenvalue weighted by molar-refractivity contribution is 0.0779. The molecule has 5 nitrogen and oxygen atoms in total. The zero-order valence-corrected chi connectivity index (χ0v) is 14.1. The van der Waals surface area contributed by atoms with Crippen LogP contribution in [0.15, 0.2) is 30.5 Å². The van der Waals surface area contributed by atoms with Crippen LogP contribution in [-0.4, -0.2) is 47.4 Å². The average molecular weight is 349 g/mol. The molecule has 0 saturated carbocycles. The first kappa shape index (κ1) is 17.5. The lowest BCUT2D eigenvalue weighted by Gasteiger charge is -2.15. The van der Waals surface area contributed by atoms with Crippen LogP contribution in [0.4, 0.5) is 8.78 Å². The Labute approximate surface area is 145 Å². The van der Waals surface area contributed by atoms with Gasteiger partial charge in [-0.05, 0) is 42.5 Å². The molecule has 1 saturated heterocycles. The number of hydrogen-bond acceptors (Lipinski definition) is 3. The zero-order valence-electron chi connectivity index (χ0n) is 14.1. The number of carbonyl (C=O) groups excluding carboxylic acids is 1. The normalized spacial score (nSPS) is 17.2. The Kier molecular flexibility index (Phi) is 5.43. The van der Waals surface area contributed by atoms with E-state index in [1.54, 1.807) is 35.0 Å². The van der Waals surface area contributed by atoms with Crippen molar-refractivity contribution in [1.29, 1.82) is 0 Å². The van der Waals surface area contributed by atoms with E-state index in [9.17, 15) is 13.6 Å². The molecule has 0 N–H and O–H groups in total. The van der Waals surface area contributed by atoms with Crippen molar-refractivity contribution in [3.05, 3.63) is 53.4 Å². The summed E-state index contributed by atoms with van der Waals surface area (Å²) in [6.45, 7) is 2.39. The number of benzene rings is 1. The van der Waals surface area contributed by atoms with Crippen LogP contribution in [0.25, 0.3) is 0 Å². The van der Waals surface area contributed by atoms with E-state index in [2.05, 4.69) is 5.10 Å². The predicted octanol–water partition coefficient (Wildman–Crippen LogP) is 2.51. The number of aromatic nitrogens is 2. The summed E-state index contributed by atoms with van der Waals surface area (Å²) >= 11 is 0. The molecule has 1 aliphatic rings. The highest BCUT2D eigenvalue weighted by Gasteiger charge is 2.28. The van der Waals surface area contributed by atoms with Gasteiger partial charge in [-0.3, -0.25) is 9.48 Å². The molecular formula is C18H21F2N3O2. The zero-order chi connectivity index (χ0) is 17.8. The van der Waals surface area contributed by atoms with Crippen LogP contribution in [0.3, 0.4) is 0 Å². The van der Waals surface area contributed by atoms with Gasteiger partial charge in [-0.25, -0.2) is 8.78 Å². The van der Waals surface area contributed by atoms with Gasteiger partial charge < -0.3 is 9.64 Å². The fraction of sp³-hybridized carbons (Fsp3) is 0.444. The first-order valence-corrected chi connectivity index (χ1v) is 8.32. The van der Waals surface area contributed by atoms with Gasteiger partial charge in [-0.2, -0.15) is 5.10 Å². The van der Waals surface area contributed by atoms with Gasteiger partial charge in [-0.15, -0.1) is 0 Å². The molecule has 1 amide bonds. The molecule has 1 aromatic carbocycles. The van der Waals surface area contributed by atoms with E-state index in [1.807, 2.05) is 0 Å². The van der Waals surface area contributed by atoms with Crippen molar-refractivity contribution in [3.8, 4) is 0 Å². The van der Waals surface area contributed by atoms with E-state index >= 15 is 0 Å². The Balaban J connectivity index is 1.57. The summed E-state index contributed by atoms with van der Waals surface area (Å²) in [5.41, 5.74) is 1.17. The molecule has 0 aliphatic carbocycles. The Morgan fingerprint density at radius 1 is 1.32 bits per heavy atom. The summed E-state index contributed by atoms with van der Waals surface area (Å²) < 4.78 is 33.0. The molecule has 3 rings (SSSR count). The van der Waals surface area contributed by atoms with E-state index in [1.165, 1.54) is 6.07 Å². The number of hydrogen-bond donors (Lipinski definition) is 0. The number of nitrogens with zero attached hydrogens (tertiary/aromatic N) is 3. The summed E-state index contributed by atoms with van der Waals surface area (Å²) in [4.78, 5) is 14.3. The number of ether oxygens (including phenoxy) is 1. The first-order valence-electron chi connectivity index (χ1n) is 8.32. The number of methoxy groups -OCH3 is 1. The Hall–Kier alpha value is -2.28. The van der Waals surface area contributed by atoms with E-state index < -0.39 is 11.6 Å². The second-order valence-corrected chi connectivity index (χ2v) is 6.32. The van der Waals surface area contributed by atoms with Crippen LogP contribution in [0.5, 0.6) is 0 Å². The molecule has 1 aliphatic heterocycles. The SMILES string of the molecule is COCCn1ccc(C(=O)N2CC[C@H](Cc3ccc(F)c(F)c3)C2)n1. The molecule has 2 aromatic rings. The molecule has 1 fully saturated rings. The summed E-state index contributed by atoms with van der Waals surface area (Å²) in [5, 5.41) is 4.28. The van der Waals surface area contributed by atoms with E-state index in [-0.39, 0.29) is 11.8 Å². The maximum absolute atomic E-state index is 13.3. The van der Waals surface area contributed by atoms with Gasteiger partial charge in [0.2, 0.25) is 0 Å². The third-order valence-electron chi connectivity index (χ3n) is 4.47. The second-order valence-electron chi connectivity index (χ2n) is 6.32. The van der Waals surface area contributed by atoms with Gasteiger partial charge in [-0.1, -0.05) is 6.07 Å². The fourth-order valence-corrected chi connectivity index (χ4v) is 3.13. The summed E-state index contributed by atoms with van der Waals surface area (Å²) in [5.74, 6) is -1.52. The Morgan fingerprint density at radius 2 is 2.16 bits per heavy atom. The van der Waals surface area contributed by atoms with Crippen molar-refractivity contribution < 1.29 is 18.3 Å². The molecule has 0 unspecified atom stereocenters. The summed E-state index contributed by atoms with van der Waals surface area (Å²) in [7, 11) is 1.62. The minimum atomic E-state index is -0.837. The maximum atomic E-state index is 13.3. The molecule has 2 heterocycles. The highest BCUT2D eigenvalue weighted by molar-refractivity contribution is 5.92. The van der Waals surface area contributed by atoms with Crippen LogP contribution in [-0.2, 0) is 17.7 Å². The minimum absolute atomic E-state index is 0.0936. The summed E-state index contributed by atoms with van der Waals surface area (Å²) in [6, 6.07) is 5.69. The number of rotatable bonds is 6. The molecule has 25 heavy (non-hydrogen) atoms. The van der Waals surface area contributed by atoms with E-state index in [0.29, 0.717) is 38.4 Å². The Bertz CT molecular complexity index is 748. The summed E-state index contributed by atoms with van der Waals surface area (Å²) in [6.07, 6.45) is 3.24. The minimum Gasteiger partial charge on any atom is -0.383 e. The fourth-order valence-electron chi connectivity index (χ4n) is 3.13. The first-order chi connectivity index (χ1) is 12.1. The van der Waals surface area contributed by atoms with Crippen molar-refractivity contribution in [1.82, 2.24) is 14.7 Å². The highest BCUT2D eigenvalue weighted by atomic mass is 19.2. The van der Waals surface area contributed by atoms with Crippen molar-refractivity contribution in [2.45, 2.75) is 19.4 Å². The Morgan fingerprint density at radius 3 is 2.92 bits per heavy atom. The van der Waals surface area contributed by atoms with Gasteiger partial charge in [0.15, 0.2) is 11.6 Å². The van der Waals surface area contributed by atoms with Crippen LogP contribution >= 0.6 is 0 Å². The quantitative estimate of drug-likeness (QED) is 0.805. The van der Waals surface area contributed by atoms with Gasteiger partial charge in [0.05, 0.1) is 13.2 Å². The molecule has 0 bridgehead atoms.